The Bertz CT molecular complexity index is 561. The second kappa shape index (κ2) is 3.96. The van der Waals surface area contributed by atoms with Crippen LogP contribution in [0.25, 0.3) is 5.52 Å². The third-order valence-electron chi connectivity index (χ3n) is 3.53. The quantitative estimate of drug-likeness (QED) is 0.738. The molecule has 2 aromatic heterocycles. The van der Waals surface area contributed by atoms with Crippen LogP contribution in [0.4, 0.5) is 0 Å². The Labute approximate surface area is 99.9 Å². The number of hydrogen-bond acceptors (Lipinski definition) is 3. The summed E-state index contributed by atoms with van der Waals surface area (Å²) < 4.78 is 2.04. The first-order chi connectivity index (χ1) is 8.29. The molecular weight excluding hydrogens is 214 g/mol. The van der Waals surface area contributed by atoms with E-state index in [4.69, 9.17) is 0 Å². The first-order valence-electron chi connectivity index (χ1n) is 5.92. The lowest BCUT2D eigenvalue weighted by Gasteiger charge is -2.18. The molecule has 1 saturated heterocycles. The largest absolute Gasteiger partial charge is 0.302 e. The Hall–Kier alpha value is -1.68. The van der Waals surface area contributed by atoms with E-state index in [-0.39, 0.29) is 0 Å². The summed E-state index contributed by atoms with van der Waals surface area (Å²) in [6, 6.07) is 4.14. The zero-order valence-corrected chi connectivity index (χ0v) is 9.84. The molecule has 1 fully saturated rings. The fourth-order valence-corrected chi connectivity index (χ4v) is 2.58. The van der Waals surface area contributed by atoms with Crippen molar-refractivity contribution < 1.29 is 4.79 Å². The van der Waals surface area contributed by atoms with Crippen LogP contribution in [0.3, 0.4) is 0 Å². The molecule has 1 atom stereocenters. The predicted molar refractivity (Wildman–Crippen MR) is 65.2 cm³/mol. The number of carbonyl (C=O) groups is 1. The maximum absolute atomic E-state index is 10.8. The third kappa shape index (κ3) is 1.65. The molecule has 0 aliphatic carbocycles. The monoisotopic (exact) mass is 229 g/mol. The number of aldehydes is 1. The molecule has 3 rings (SSSR count). The van der Waals surface area contributed by atoms with E-state index in [1.807, 2.05) is 28.9 Å². The highest BCUT2D eigenvalue weighted by molar-refractivity contribution is 5.75. The summed E-state index contributed by atoms with van der Waals surface area (Å²) in [5, 5.41) is 0. The summed E-state index contributed by atoms with van der Waals surface area (Å²) in [5.41, 5.74) is 1.74. The second-order valence-electron chi connectivity index (χ2n) is 4.63. The SMILES string of the molecule is CN1CCCC1c1ncc2ccc(C=O)cn12. The van der Waals surface area contributed by atoms with E-state index < -0.39 is 0 Å². The zero-order chi connectivity index (χ0) is 11.8. The van der Waals surface area contributed by atoms with Crippen molar-refractivity contribution in [3.63, 3.8) is 0 Å². The van der Waals surface area contributed by atoms with Gasteiger partial charge in [0.15, 0.2) is 6.29 Å². The highest BCUT2D eigenvalue weighted by atomic mass is 16.1. The van der Waals surface area contributed by atoms with Gasteiger partial charge in [-0.1, -0.05) is 0 Å². The lowest BCUT2D eigenvalue weighted by Crippen LogP contribution is -2.19. The van der Waals surface area contributed by atoms with Gasteiger partial charge >= 0.3 is 0 Å². The van der Waals surface area contributed by atoms with Gasteiger partial charge in [0.05, 0.1) is 17.8 Å². The molecule has 1 aliphatic heterocycles. The van der Waals surface area contributed by atoms with Crippen molar-refractivity contribution in [3.8, 4) is 0 Å². The van der Waals surface area contributed by atoms with Gasteiger partial charge in [-0.3, -0.25) is 9.69 Å². The number of aromatic nitrogens is 2. The van der Waals surface area contributed by atoms with Crippen molar-refractivity contribution >= 4 is 11.8 Å². The molecule has 0 saturated carbocycles. The van der Waals surface area contributed by atoms with Crippen LogP contribution in [-0.2, 0) is 0 Å². The lowest BCUT2D eigenvalue weighted by molar-refractivity contribution is 0.112. The predicted octanol–water partition coefficient (Wildman–Crippen LogP) is 1.91. The van der Waals surface area contributed by atoms with E-state index in [0.717, 1.165) is 30.6 Å². The van der Waals surface area contributed by atoms with Crippen LogP contribution in [0.5, 0.6) is 0 Å². The fourth-order valence-electron chi connectivity index (χ4n) is 2.58. The molecule has 0 aromatic carbocycles. The number of nitrogens with zero attached hydrogens (tertiary/aromatic N) is 3. The maximum atomic E-state index is 10.8. The zero-order valence-electron chi connectivity index (χ0n) is 9.84. The fraction of sp³-hybridized carbons (Fsp3) is 0.385. The number of fused-ring (bicyclic) bond motifs is 1. The van der Waals surface area contributed by atoms with Crippen LogP contribution < -0.4 is 0 Å². The minimum atomic E-state index is 0.374. The Morgan fingerprint density at radius 2 is 2.35 bits per heavy atom. The normalized spacial score (nSPS) is 21.1. The summed E-state index contributed by atoms with van der Waals surface area (Å²) in [5.74, 6) is 1.05. The Balaban J connectivity index is 2.12. The van der Waals surface area contributed by atoms with Crippen LogP contribution in [-0.4, -0.2) is 34.2 Å². The van der Waals surface area contributed by atoms with Gasteiger partial charge in [-0.15, -0.1) is 0 Å². The van der Waals surface area contributed by atoms with E-state index >= 15 is 0 Å². The van der Waals surface area contributed by atoms with Gasteiger partial charge in [0, 0.05) is 11.8 Å². The number of imidazole rings is 1. The molecule has 1 unspecified atom stereocenters. The van der Waals surface area contributed by atoms with Crippen molar-refractivity contribution in [2.45, 2.75) is 18.9 Å². The van der Waals surface area contributed by atoms with Crippen LogP contribution in [0.1, 0.15) is 35.1 Å². The first-order valence-corrected chi connectivity index (χ1v) is 5.92. The molecule has 0 bridgehead atoms. The van der Waals surface area contributed by atoms with E-state index in [2.05, 4.69) is 16.9 Å². The van der Waals surface area contributed by atoms with Gasteiger partial charge in [-0.25, -0.2) is 4.98 Å². The average Bonchev–Trinajstić information content (AvgIpc) is 2.94. The Morgan fingerprint density at radius 3 is 3.06 bits per heavy atom. The Morgan fingerprint density at radius 1 is 1.47 bits per heavy atom. The molecule has 4 nitrogen and oxygen atoms in total. The molecule has 3 heterocycles. The molecule has 0 radical (unpaired) electrons. The minimum Gasteiger partial charge on any atom is -0.302 e. The maximum Gasteiger partial charge on any atom is 0.151 e. The smallest absolute Gasteiger partial charge is 0.151 e. The Kier molecular flexibility index (Phi) is 2.44. The van der Waals surface area contributed by atoms with Gasteiger partial charge in [0.1, 0.15) is 5.82 Å². The van der Waals surface area contributed by atoms with Gasteiger partial charge in [0.2, 0.25) is 0 Å². The molecular formula is C13H15N3O. The van der Waals surface area contributed by atoms with E-state index in [1.165, 1.54) is 6.42 Å². The summed E-state index contributed by atoms with van der Waals surface area (Å²) in [6.45, 7) is 1.12. The van der Waals surface area contributed by atoms with Crippen molar-refractivity contribution in [2.24, 2.45) is 0 Å². The second-order valence-corrected chi connectivity index (χ2v) is 4.63. The molecule has 2 aromatic rings. The average molecular weight is 229 g/mol. The summed E-state index contributed by atoms with van der Waals surface area (Å²) in [7, 11) is 2.13. The topological polar surface area (TPSA) is 37.6 Å². The van der Waals surface area contributed by atoms with E-state index in [0.29, 0.717) is 11.6 Å². The number of pyridine rings is 1. The number of rotatable bonds is 2. The number of hydrogen-bond donors (Lipinski definition) is 0. The minimum absolute atomic E-state index is 0.374. The number of carbonyl (C=O) groups excluding carboxylic acids is 1. The van der Waals surface area contributed by atoms with Gasteiger partial charge < -0.3 is 4.40 Å². The summed E-state index contributed by atoms with van der Waals surface area (Å²) in [6.07, 6.45) is 6.97. The highest BCUT2D eigenvalue weighted by Gasteiger charge is 2.26. The van der Waals surface area contributed by atoms with E-state index in [9.17, 15) is 4.79 Å². The summed E-state index contributed by atoms with van der Waals surface area (Å²) in [4.78, 5) is 17.7. The highest BCUT2D eigenvalue weighted by Crippen LogP contribution is 2.29. The van der Waals surface area contributed by atoms with Crippen LogP contribution in [0.15, 0.2) is 24.5 Å². The van der Waals surface area contributed by atoms with Crippen molar-refractivity contribution in [1.29, 1.82) is 0 Å². The molecule has 0 N–H and O–H groups in total. The third-order valence-corrected chi connectivity index (χ3v) is 3.53. The first kappa shape index (κ1) is 10.5. The van der Waals surface area contributed by atoms with Crippen LogP contribution in [0, 0.1) is 0 Å². The lowest BCUT2D eigenvalue weighted by atomic mass is 10.2. The van der Waals surface area contributed by atoms with E-state index in [1.54, 1.807) is 0 Å². The van der Waals surface area contributed by atoms with Crippen molar-refractivity contribution in [2.75, 3.05) is 13.6 Å². The molecule has 4 heteroatoms. The molecule has 0 spiro atoms. The van der Waals surface area contributed by atoms with Crippen molar-refractivity contribution in [3.05, 3.63) is 35.9 Å². The molecule has 0 amide bonds. The van der Waals surface area contributed by atoms with Gasteiger partial charge in [0.25, 0.3) is 0 Å². The standard InChI is InChI=1S/C13H15N3O/c1-15-6-2-3-12(15)13-14-7-11-5-4-10(9-17)8-16(11)13/h4-5,7-9,12H,2-3,6H2,1H3. The molecule has 1 aliphatic rings. The van der Waals surface area contributed by atoms with Gasteiger partial charge in [-0.05, 0) is 38.6 Å². The van der Waals surface area contributed by atoms with Crippen LogP contribution >= 0.6 is 0 Å². The number of likely N-dealkylation sites (tertiary alicyclic amines) is 1. The summed E-state index contributed by atoms with van der Waals surface area (Å²) >= 11 is 0. The van der Waals surface area contributed by atoms with Crippen LogP contribution in [0.2, 0.25) is 0 Å². The van der Waals surface area contributed by atoms with Gasteiger partial charge in [-0.2, -0.15) is 0 Å². The molecule has 17 heavy (non-hydrogen) atoms. The molecule has 88 valence electrons. The van der Waals surface area contributed by atoms with Crippen molar-refractivity contribution in [1.82, 2.24) is 14.3 Å².